The van der Waals surface area contributed by atoms with Crippen molar-refractivity contribution in [3.63, 3.8) is 0 Å². The van der Waals surface area contributed by atoms with Gasteiger partial charge in [-0.1, -0.05) is 34.6 Å². The van der Waals surface area contributed by atoms with E-state index in [0.717, 1.165) is 32.0 Å². The Hall–Kier alpha value is -0.120. The van der Waals surface area contributed by atoms with Gasteiger partial charge in [-0.15, -0.1) is 0 Å². The monoisotopic (exact) mass is 284 g/mol. The van der Waals surface area contributed by atoms with Crippen LogP contribution in [0.5, 0.6) is 0 Å². The number of hydrogen-bond acceptors (Lipinski definition) is 3. The molecule has 0 radical (unpaired) electrons. The van der Waals surface area contributed by atoms with Crippen LogP contribution in [0.2, 0.25) is 0 Å². The Morgan fingerprint density at radius 3 is 2.40 bits per heavy atom. The van der Waals surface area contributed by atoms with Gasteiger partial charge >= 0.3 is 0 Å². The summed E-state index contributed by atoms with van der Waals surface area (Å²) in [6, 6.07) is 0.842. The molecule has 120 valence electrons. The Labute approximate surface area is 126 Å². The first-order chi connectivity index (χ1) is 9.25. The predicted octanol–water partition coefficient (Wildman–Crippen LogP) is 3.13. The summed E-state index contributed by atoms with van der Waals surface area (Å²) in [4.78, 5) is 2.58. The van der Waals surface area contributed by atoms with Crippen molar-refractivity contribution < 1.29 is 4.74 Å². The molecule has 0 heterocycles. The Kier molecular flexibility index (Phi) is 6.96. The van der Waals surface area contributed by atoms with Crippen LogP contribution in [-0.2, 0) is 4.74 Å². The molecular weight excluding hydrogens is 248 g/mol. The van der Waals surface area contributed by atoms with Crippen LogP contribution >= 0.6 is 0 Å². The van der Waals surface area contributed by atoms with E-state index in [-0.39, 0.29) is 0 Å². The van der Waals surface area contributed by atoms with E-state index in [1.807, 2.05) is 0 Å². The molecule has 1 aliphatic rings. The zero-order valence-corrected chi connectivity index (χ0v) is 14.5. The molecule has 1 fully saturated rings. The second-order valence-corrected chi connectivity index (χ2v) is 7.99. The molecule has 0 aliphatic heterocycles. The maximum absolute atomic E-state index is 6.45. The minimum absolute atomic E-state index is 0.323. The molecule has 3 unspecified atom stereocenters. The fourth-order valence-electron chi connectivity index (χ4n) is 3.45. The minimum atomic E-state index is 0.323. The van der Waals surface area contributed by atoms with Gasteiger partial charge in [-0.3, -0.25) is 4.90 Å². The van der Waals surface area contributed by atoms with Crippen molar-refractivity contribution in [2.24, 2.45) is 23.0 Å². The highest BCUT2D eigenvalue weighted by Crippen LogP contribution is 2.39. The van der Waals surface area contributed by atoms with Gasteiger partial charge in [-0.2, -0.15) is 0 Å². The molecule has 0 bridgehead atoms. The molecular formula is C17H36N2O. The van der Waals surface area contributed by atoms with E-state index < -0.39 is 0 Å². The van der Waals surface area contributed by atoms with Crippen molar-refractivity contribution in [3.8, 4) is 0 Å². The van der Waals surface area contributed by atoms with E-state index in [2.05, 4.69) is 39.5 Å². The van der Waals surface area contributed by atoms with Gasteiger partial charge in [-0.05, 0) is 36.5 Å². The lowest BCUT2D eigenvalue weighted by Gasteiger charge is -2.45. The average Bonchev–Trinajstić information content (AvgIpc) is 2.33. The molecule has 0 spiro atoms. The van der Waals surface area contributed by atoms with Crippen molar-refractivity contribution in [2.75, 3.05) is 26.8 Å². The molecule has 0 aromatic carbocycles. The maximum Gasteiger partial charge on any atom is 0.0589 e. The highest BCUT2D eigenvalue weighted by molar-refractivity contribution is 4.93. The summed E-state index contributed by atoms with van der Waals surface area (Å²) in [5, 5.41) is 0. The second-order valence-electron chi connectivity index (χ2n) is 7.99. The third kappa shape index (κ3) is 5.34. The normalized spacial score (nSPS) is 28.4. The smallest absolute Gasteiger partial charge is 0.0589 e. The Balaban J connectivity index is 2.74. The summed E-state index contributed by atoms with van der Waals surface area (Å²) in [6.45, 7) is 14.6. The summed E-state index contributed by atoms with van der Waals surface area (Å²) in [5.74, 6) is 1.46. The number of nitrogens with zero attached hydrogens (tertiary/aromatic N) is 1. The largest absolute Gasteiger partial charge is 0.383 e. The first-order valence-electron chi connectivity index (χ1n) is 8.24. The fourth-order valence-corrected chi connectivity index (χ4v) is 3.45. The van der Waals surface area contributed by atoms with Crippen LogP contribution in [0.15, 0.2) is 0 Å². The van der Waals surface area contributed by atoms with Crippen molar-refractivity contribution in [3.05, 3.63) is 0 Å². The summed E-state index contributed by atoms with van der Waals surface area (Å²) < 4.78 is 5.29. The van der Waals surface area contributed by atoms with Gasteiger partial charge in [0.25, 0.3) is 0 Å². The number of nitrogens with two attached hydrogens (primary N) is 1. The number of methoxy groups -OCH3 is 1. The van der Waals surface area contributed by atoms with Crippen LogP contribution in [0.4, 0.5) is 0 Å². The molecule has 0 amide bonds. The van der Waals surface area contributed by atoms with Crippen LogP contribution in [0.1, 0.15) is 53.9 Å². The number of rotatable bonds is 6. The minimum Gasteiger partial charge on any atom is -0.383 e. The predicted molar refractivity (Wildman–Crippen MR) is 86.8 cm³/mol. The van der Waals surface area contributed by atoms with E-state index in [4.69, 9.17) is 10.5 Å². The van der Waals surface area contributed by atoms with Gasteiger partial charge < -0.3 is 10.5 Å². The fraction of sp³-hybridized carbons (Fsp3) is 1.00. The molecule has 1 rings (SSSR count). The van der Waals surface area contributed by atoms with Gasteiger partial charge in [0.2, 0.25) is 0 Å². The maximum atomic E-state index is 6.45. The zero-order valence-electron chi connectivity index (χ0n) is 14.5. The van der Waals surface area contributed by atoms with Crippen molar-refractivity contribution in [1.82, 2.24) is 4.90 Å². The molecule has 3 atom stereocenters. The van der Waals surface area contributed by atoms with Crippen LogP contribution in [0.25, 0.3) is 0 Å². The molecule has 0 saturated heterocycles. The van der Waals surface area contributed by atoms with E-state index in [1.54, 1.807) is 7.11 Å². The van der Waals surface area contributed by atoms with Crippen LogP contribution in [0.3, 0.4) is 0 Å². The lowest BCUT2D eigenvalue weighted by atomic mass is 9.69. The van der Waals surface area contributed by atoms with Crippen molar-refractivity contribution >= 4 is 0 Å². The van der Waals surface area contributed by atoms with Crippen LogP contribution < -0.4 is 5.73 Å². The van der Waals surface area contributed by atoms with Crippen LogP contribution in [-0.4, -0.2) is 43.8 Å². The van der Waals surface area contributed by atoms with Gasteiger partial charge in [0, 0.05) is 32.3 Å². The van der Waals surface area contributed by atoms with Crippen LogP contribution in [0, 0.1) is 17.3 Å². The molecule has 20 heavy (non-hydrogen) atoms. The summed E-state index contributed by atoms with van der Waals surface area (Å²) in [6.07, 6.45) is 3.68. The lowest BCUT2D eigenvalue weighted by Crippen LogP contribution is -2.54. The standard InChI is InChI=1S/C17H36N2O/c1-13(2)12-19(9-10-20-6)16-11-14(17(3,4)5)7-8-15(16)18/h13-16H,7-12,18H2,1-6H3. The topological polar surface area (TPSA) is 38.5 Å². The Morgan fingerprint density at radius 1 is 1.25 bits per heavy atom. The number of ether oxygens (including phenoxy) is 1. The molecule has 0 aromatic rings. The van der Waals surface area contributed by atoms with E-state index >= 15 is 0 Å². The molecule has 0 aromatic heterocycles. The molecule has 3 heteroatoms. The quantitative estimate of drug-likeness (QED) is 0.814. The first kappa shape index (κ1) is 17.9. The summed E-state index contributed by atoms with van der Waals surface area (Å²) in [5.41, 5.74) is 6.84. The molecule has 2 N–H and O–H groups in total. The summed E-state index contributed by atoms with van der Waals surface area (Å²) in [7, 11) is 1.78. The van der Waals surface area contributed by atoms with E-state index in [0.29, 0.717) is 23.4 Å². The average molecular weight is 284 g/mol. The third-order valence-electron chi connectivity index (χ3n) is 4.74. The lowest BCUT2D eigenvalue weighted by molar-refractivity contribution is 0.0446. The van der Waals surface area contributed by atoms with Gasteiger partial charge in [0.15, 0.2) is 0 Å². The van der Waals surface area contributed by atoms with Gasteiger partial charge in [0.1, 0.15) is 0 Å². The second kappa shape index (κ2) is 7.77. The molecule has 3 nitrogen and oxygen atoms in total. The number of hydrogen-bond donors (Lipinski definition) is 1. The van der Waals surface area contributed by atoms with Crippen molar-refractivity contribution in [2.45, 2.75) is 66.0 Å². The van der Waals surface area contributed by atoms with E-state index in [1.165, 1.54) is 12.8 Å². The first-order valence-corrected chi connectivity index (χ1v) is 8.24. The Bertz CT molecular complexity index is 273. The zero-order chi connectivity index (χ0) is 15.3. The Morgan fingerprint density at radius 2 is 1.90 bits per heavy atom. The van der Waals surface area contributed by atoms with Crippen molar-refractivity contribution in [1.29, 1.82) is 0 Å². The summed E-state index contributed by atoms with van der Waals surface area (Å²) >= 11 is 0. The van der Waals surface area contributed by atoms with E-state index in [9.17, 15) is 0 Å². The third-order valence-corrected chi connectivity index (χ3v) is 4.74. The SMILES string of the molecule is COCCN(CC(C)C)C1CC(C(C)(C)C)CCC1N. The van der Waals surface area contributed by atoms with Gasteiger partial charge in [-0.25, -0.2) is 0 Å². The highest BCUT2D eigenvalue weighted by atomic mass is 16.5. The molecule has 1 aliphatic carbocycles. The molecule has 1 saturated carbocycles. The highest BCUT2D eigenvalue weighted by Gasteiger charge is 2.37. The van der Waals surface area contributed by atoms with Gasteiger partial charge in [0.05, 0.1) is 6.61 Å².